The van der Waals surface area contributed by atoms with Crippen LogP contribution in [0.1, 0.15) is 21.5 Å². The Morgan fingerprint density at radius 3 is 2.50 bits per heavy atom. The van der Waals surface area contributed by atoms with Gasteiger partial charge in [-0.25, -0.2) is 4.68 Å². The summed E-state index contributed by atoms with van der Waals surface area (Å²) < 4.78 is 12.8. The first kappa shape index (κ1) is 22.5. The van der Waals surface area contributed by atoms with Crippen molar-refractivity contribution in [2.45, 2.75) is 13.2 Å². The molecule has 9 nitrogen and oxygen atoms in total. The van der Waals surface area contributed by atoms with E-state index in [2.05, 4.69) is 10.4 Å². The minimum Gasteiger partial charge on any atom is -0.493 e. The number of nitro benzene ring substituents is 1. The molecule has 0 bridgehead atoms. The Bertz CT molecular complexity index is 1290. The minimum atomic E-state index is -0.470. The predicted octanol–water partition coefficient (Wildman–Crippen LogP) is 4.30. The first-order valence-corrected chi connectivity index (χ1v) is 10.4. The topological polar surface area (TPSA) is 109 Å². The van der Waals surface area contributed by atoms with E-state index in [1.54, 1.807) is 25.4 Å². The molecule has 34 heavy (non-hydrogen) atoms. The van der Waals surface area contributed by atoms with Gasteiger partial charge in [0.2, 0.25) is 0 Å². The molecule has 0 aliphatic heterocycles. The van der Waals surface area contributed by atoms with Crippen LogP contribution in [0.5, 0.6) is 11.5 Å². The van der Waals surface area contributed by atoms with E-state index in [1.807, 2.05) is 48.5 Å². The Balaban J connectivity index is 1.36. The summed E-state index contributed by atoms with van der Waals surface area (Å²) in [5.74, 6) is 0.899. The molecule has 0 aliphatic carbocycles. The highest BCUT2D eigenvalue weighted by atomic mass is 16.6. The molecule has 0 radical (unpaired) electrons. The molecule has 0 saturated heterocycles. The lowest BCUT2D eigenvalue weighted by Gasteiger charge is -2.12. The van der Waals surface area contributed by atoms with E-state index in [0.717, 1.165) is 11.1 Å². The number of rotatable bonds is 9. The highest BCUT2D eigenvalue weighted by Gasteiger charge is 2.12. The van der Waals surface area contributed by atoms with Crippen molar-refractivity contribution in [2.75, 3.05) is 7.11 Å². The van der Waals surface area contributed by atoms with Gasteiger partial charge in [-0.3, -0.25) is 14.9 Å². The van der Waals surface area contributed by atoms with Crippen molar-refractivity contribution in [1.82, 2.24) is 15.1 Å². The predicted molar refractivity (Wildman–Crippen MR) is 125 cm³/mol. The zero-order chi connectivity index (χ0) is 23.9. The summed E-state index contributed by atoms with van der Waals surface area (Å²) in [5.41, 5.74) is 2.87. The van der Waals surface area contributed by atoms with Crippen LogP contribution in [0.25, 0.3) is 5.69 Å². The molecule has 1 N–H and O–H groups in total. The molecule has 0 saturated carbocycles. The maximum atomic E-state index is 12.6. The Kier molecular flexibility index (Phi) is 6.83. The molecule has 0 atom stereocenters. The monoisotopic (exact) mass is 458 g/mol. The molecule has 1 amide bonds. The molecule has 0 fully saturated rings. The highest BCUT2D eigenvalue weighted by molar-refractivity contribution is 5.93. The van der Waals surface area contributed by atoms with E-state index in [0.29, 0.717) is 29.4 Å². The van der Waals surface area contributed by atoms with Gasteiger partial charge in [-0.1, -0.05) is 36.4 Å². The average molecular weight is 458 g/mol. The van der Waals surface area contributed by atoms with Crippen molar-refractivity contribution in [1.29, 1.82) is 0 Å². The van der Waals surface area contributed by atoms with Crippen molar-refractivity contribution in [3.8, 4) is 17.2 Å². The van der Waals surface area contributed by atoms with E-state index < -0.39 is 4.92 Å². The van der Waals surface area contributed by atoms with Crippen molar-refractivity contribution < 1.29 is 19.2 Å². The lowest BCUT2D eigenvalue weighted by molar-refractivity contribution is -0.384. The number of nitro groups is 1. The standard InChI is InChI=1S/C25H22N4O5/c1-33-24-13-19(7-12-23(24)34-17-18-5-3-2-4-6-18)14-26-25(30)20-15-27-28(16-20)21-8-10-22(11-9-21)29(31)32/h2-13,15-16H,14,17H2,1H3,(H,26,30). The van der Waals surface area contributed by atoms with Gasteiger partial charge >= 0.3 is 0 Å². The average Bonchev–Trinajstić information content (AvgIpc) is 3.37. The molecular weight excluding hydrogens is 436 g/mol. The highest BCUT2D eigenvalue weighted by Crippen LogP contribution is 2.29. The second-order valence-corrected chi connectivity index (χ2v) is 7.39. The summed E-state index contributed by atoms with van der Waals surface area (Å²) >= 11 is 0. The number of hydrogen-bond acceptors (Lipinski definition) is 6. The number of hydrogen-bond donors (Lipinski definition) is 1. The van der Waals surface area contributed by atoms with Crippen LogP contribution in [-0.2, 0) is 13.2 Å². The van der Waals surface area contributed by atoms with Gasteiger partial charge in [0.05, 0.1) is 29.5 Å². The molecule has 0 aliphatic rings. The number of carbonyl (C=O) groups is 1. The van der Waals surface area contributed by atoms with E-state index in [-0.39, 0.29) is 18.1 Å². The van der Waals surface area contributed by atoms with Crippen LogP contribution in [0.3, 0.4) is 0 Å². The zero-order valence-corrected chi connectivity index (χ0v) is 18.4. The fourth-order valence-electron chi connectivity index (χ4n) is 3.27. The summed E-state index contributed by atoms with van der Waals surface area (Å²) in [5, 5.41) is 17.8. The minimum absolute atomic E-state index is 0.0132. The van der Waals surface area contributed by atoms with Crippen molar-refractivity contribution in [3.05, 3.63) is 112 Å². The molecule has 0 spiro atoms. The number of nitrogens with one attached hydrogen (secondary N) is 1. The molecule has 9 heteroatoms. The van der Waals surface area contributed by atoms with E-state index in [4.69, 9.17) is 9.47 Å². The van der Waals surface area contributed by atoms with E-state index in [9.17, 15) is 14.9 Å². The number of ether oxygens (including phenoxy) is 2. The van der Waals surface area contributed by atoms with Crippen molar-refractivity contribution >= 4 is 11.6 Å². The van der Waals surface area contributed by atoms with Crippen molar-refractivity contribution in [3.63, 3.8) is 0 Å². The van der Waals surface area contributed by atoms with Gasteiger partial charge in [0, 0.05) is 24.9 Å². The number of non-ortho nitro benzene ring substituents is 1. The molecular formula is C25H22N4O5. The summed E-state index contributed by atoms with van der Waals surface area (Å²) in [6.07, 6.45) is 3.01. The largest absolute Gasteiger partial charge is 0.493 e. The third-order valence-corrected chi connectivity index (χ3v) is 5.09. The van der Waals surface area contributed by atoms with E-state index >= 15 is 0 Å². The van der Waals surface area contributed by atoms with Crippen LogP contribution in [-0.4, -0.2) is 27.7 Å². The van der Waals surface area contributed by atoms with Gasteiger partial charge < -0.3 is 14.8 Å². The fourth-order valence-corrected chi connectivity index (χ4v) is 3.27. The van der Waals surface area contributed by atoms with Crippen LogP contribution in [0.2, 0.25) is 0 Å². The number of amides is 1. The normalized spacial score (nSPS) is 10.5. The fraction of sp³-hybridized carbons (Fsp3) is 0.120. The molecule has 172 valence electrons. The summed E-state index contributed by atoms with van der Waals surface area (Å²) in [7, 11) is 1.57. The first-order valence-electron chi connectivity index (χ1n) is 10.4. The van der Waals surface area contributed by atoms with Gasteiger partial charge in [0.15, 0.2) is 11.5 Å². The van der Waals surface area contributed by atoms with Gasteiger partial charge in [-0.15, -0.1) is 0 Å². The third-order valence-electron chi connectivity index (χ3n) is 5.09. The second kappa shape index (κ2) is 10.3. The number of aromatic nitrogens is 2. The maximum absolute atomic E-state index is 12.6. The lowest BCUT2D eigenvalue weighted by atomic mass is 10.2. The molecule has 1 heterocycles. The summed E-state index contributed by atoms with van der Waals surface area (Å²) in [6.45, 7) is 0.711. The maximum Gasteiger partial charge on any atom is 0.269 e. The Morgan fingerprint density at radius 2 is 1.79 bits per heavy atom. The van der Waals surface area contributed by atoms with Gasteiger partial charge in [0.25, 0.3) is 11.6 Å². The van der Waals surface area contributed by atoms with Crippen molar-refractivity contribution in [2.24, 2.45) is 0 Å². The smallest absolute Gasteiger partial charge is 0.269 e. The van der Waals surface area contributed by atoms with Crippen LogP contribution in [0, 0.1) is 10.1 Å². The number of nitrogens with zero attached hydrogens (tertiary/aromatic N) is 3. The first-order chi connectivity index (χ1) is 16.5. The van der Waals surface area contributed by atoms with Gasteiger partial charge in [0.1, 0.15) is 6.61 Å². The number of benzene rings is 3. The van der Waals surface area contributed by atoms with Gasteiger partial charge in [-0.2, -0.15) is 5.10 Å². The van der Waals surface area contributed by atoms with Crippen LogP contribution < -0.4 is 14.8 Å². The Hall–Kier alpha value is -4.66. The summed E-state index contributed by atoms with van der Waals surface area (Å²) in [6, 6.07) is 21.2. The molecule has 1 aromatic heterocycles. The SMILES string of the molecule is COc1cc(CNC(=O)c2cnn(-c3ccc([N+](=O)[O-])cc3)c2)ccc1OCc1ccccc1. The quantitative estimate of drug-likeness (QED) is 0.296. The zero-order valence-electron chi connectivity index (χ0n) is 18.4. The lowest BCUT2D eigenvalue weighted by Crippen LogP contribution is -2.22. The Morgan fingerprint density at radius 1 is 1.03 bits per heavy atom. The number of methoxy groups -OCH3 is 1. The molecule has 0 unspecified atom stereocenters. The molecule has 4 aromatic rings. The van der Waals surface area contributed by atoms with Crippen LogP contribution in [0.4, 0.5) is 5.69 Å². The second-order valence-electron chi connectivity index (χ2n) is 7.39. The van der Waals surface area contributed by atoms with Gasteiger partial charge in [-0.05, 0) is 35.4 Å². The Labute approximate surface area is 195 Å². The van der Waals surface area contributed by atoms with E-state index in [1.165, 1.54) is 23.0 Å². The molecule has 4 rings (SSSR count). The van der Waals surface area contributed by atoms with Crippen LogP contribution >= 0.6 is 0 Å². The summed E-state index contributed by atoms with van der Waals surface area (Å²) in [4.78, 5) is 22.9. The third kappa shape index (κ3) is 5.39. The number of carbonyl (C=O) groups excluding carboxylic acids is 1. The molecule has 3 aromatic carbocycles. The van der Waals surface area contributed by atoms with Crippen LogP contribution in [0.15, 0.2) is 85.2 Å².